The van der Waals surface area contributed by atoms with Crippen LogP contribution in [-0.2, 0) is 0 Å². The zero-order valence-electron chi connectivity index (χ0n) is 16.4. The first-order valence-electron chi connectivity index (χ1n) is 9.39. The Kier molecular flexibility index (Phi) is 5.68. The van der Waals surface area contributed by atoms with E-state index >= 15 is 0 Å². The normalized spacial score (nSPS) is 11.0. The smallest absolute Gasteiger partial charge is 0.203 e. The zero-order valence-corrected chi connectivity index (χ0v) is 17.2. The minimum atomic E-state index is 0.774. The van der Waals surface area contributed by atoms with Crippen LogP contribution in [0.2, 0.25) is 0 Å². The SMILES string of the molecule is Cc1ccc(N(C)c2ccc(C=NNc3nc(-c4ccccc4)cs3)cc2)cc1. The molecular formula is C24H22N4S. The van der Waals surface area contributed by atoms with Crippen molar-refractivity contribution in [3.05, 3.63) is 95.4 Å². The van der Waals surface area contributed by atoms with Crippen LogP contribution in [0.5, 0.6) is 0 Å². The van der Waals surface area contributed by atoms with E-state index in [1.807, 2.05) is 23.6 Å². The van der Waals surface area contributed by atoms with Crippen LogP contribution < -0.4 is 10.3 Å². The van der Waals surface area contributed by atoms with Crippen LogP contribution in [0.1, 0.15) is 11.1 Å². The quantitative estimate of drug-likeness (QED) is 0.305. The van der Waals surface area contributed by atoms with Crippen molar-refractivity contribution in [1.82, 2.24) is 4.98 Å². The van der Waals surface area contributed by atoms with E-state index in [2.05, 4.69) is 95.0 Å². The first-order chi connectivity index (χ1) is 14.2. The lowest BCUT2D eigenvalue weighted by molar-refractivity contribution is 1.20. The van der Waals surface area contributed by atoms with Gasteiger partial charge in [-0.3, -0.25) is 5.43 Å². The van der Waals surface area contributed by atoms with E-state index in [-0.39, 0.29) is 0 Å². The van der Waals surface area contributed by atoms with Crippen molar-refractivity contribution in [3.8, 4) is 11.3 Å². The highest BCUT2D eigenvalue weighted by Crippen LogP contribution is 2.25. The summed E-state index contributed by atoms with van der Waals surface area (Å²) in [4.78, 5) is 6.74. The number of nitrogens with zero attached hydrogens (tertiary/aromatic N) is 3. The molecule has 0 atom stereocenters. The maximum absolute atomic E-state index is 4.58. The number of hydrogen-bond donors (Lipinski definition) is 1. The van der Waals surface area contributed by atoms with Gasteiger partial charge < -0.3 is 4.90 Å². The molecule has 0 unspecified atom stereocenters. The molecule has 0 aliphatic carbocycles. The lowest BCUT2D eigenvalue weighted by atomic mass is 10.2. The molecule has 4 aromatic rings. The molecule has 0 aliphatic rings. The van der Waals surface area contributed by atoms with Gasteiger partial charge in [0.05, 0.1) is 11.9 Å². The molecule has 0 aliphatic heterocycles. The number of aromatic nitrogens is 1. The summed E-state index contributed by atoms with van der Waals surface area (Å²) < 4.78 is 0. The predicted molar refractivity (Wildman–Crippen MR) is 124 cm³/mol. The molecule has 29 heavy (non-hydrogen) atoms. The Morgan fingerprint density at radius 2 is 1.55 bits per heavy atom. The average Bonchev–Trinajstić information content (AvgIpc) is 3.24. The highest BCUT2D eigenvalue weighted by atomic mass is 32.1. The maximum Gasteiger partial charge on any atom is 0.203 e. The van der Waals surface area contributed by atoms with E-state index in [1.165, 1.54) is 5.56 Å². The molecule has 4 rings (SSSR count). The van der Waals surface area contributed by atoms with E-state index in [0.29, 0.717) is 0 Å². The Morgan fingerprint density at radius 1 is 0.897 bits per heavy atom. The molecule has 1 heterocycles. The molecule has 0 bridgehead atoms. The van der Waals surface area contributed by atoms with E-state index < -0.39 is 0 Å². The fourth-order valence-electron chi connectivity index (χ4n) is 2.93. The molecule has 0 saturated heterocycles. The van der Waals surface area contributed by atoms with Crippen molar-refractivity contribution in [2.75, 3.05) is 17.4 Å². The first kappa shape index (κ1) is 18.9. The third-order valence-electron chi connectivity index (χ3n) is 4.65. The minimum absolute atomic E-state index is 0.774. The Bertz CT molecular complexity index is 1080. The Hall–Kier alpha value is -3.44. The zero-order chi connectivity index (χ0) is 20.1. The minimum Gasteiger partial charge on any atom is -0.345 e. The van der Waals surface area contributed by atoms with Crippen molar-refractivity contribution in [3.63, 3.8) is 0 Å². The lowest BCUT2D eigenvalue weighted by Gasteiger charge is -2.19. The molecule has 0 amide bonds. The Morgan fingerprint density at radius 3 is 2.24 bits per heavy atom. The van der Waals surface area contributed by atoms with E-state index in [4.69, 9.17) is 0 Å². The lowest BCUT2D eigenvalue weighted by Crippen LogP contribution is -2.09. The van der Waals surface area contributed by atoms with Crippen molar-refractivity contribution < 1.29 is 0 Å². The van der Waals surface area contributed by atoms with Gasteiger partial charge in [-0.15, -0.1) is 11.3 Å². The first-order valence-corrected chi connectivity index (χ1v) is 10.3. The number of nitrogens with one attached hydrogen (secondary N) is 1. The van der Waals surface area contributed by atoms with Crippen LogP contribution in [0.3, 0.4) is 0 Å². The largest absolute Gasteiger partial charge is 0.345 e. The summed E-state index contributed by atoms with van der Waals surface area (Å²) in [7, 11) is 2.07. The molecule has 0 saturated carbocycles. The summed E-state index contributed by atoms with van der Waals surface area (Å²) in [6.45, 7) is 2.10. The van der Waals surface area contributed by atoms with Gasteiger partial charge in [0.15, 0.2) is 0 Å². The van der Waals surface area contributed by atoms with Gasteiger partial charge in [-0.1, -0.05) is 60.2 Å². The highest BCUT2D eigenvalue weighted by Gasteiger charge is 2.04. The summed E-state index contributed by atoms with van der Waals surface area (Å²) >= 11 is 1.54. The van der Waals surface area contributed by atoms with Gasteiger partial charge in [0, 0.05) is 29.4 Å². The number of hydrazone groups is 1. The average molecular weight is 399 g/mol. The number of thiazole rings is 1. The Balaban J connectivity index is 1.38. The molecule has 0 radical (unpaired) electrons. The molecular weight excluding hydrogens is 376 g/mol. The summed E-state index contributed by atoms with van der Waals surface area (Å²) in [5.41, 5.74) is 9.66. The van der Waals surface area contributed by atoms with Gasteiger partial charge in [-0.2, -0.15) is 5.10 Å². The molecule has 1 N–H and O–H groups in total. The third kappa shape index (κ3) is 4.70. The topological polar surface area (TPSA) is 40.5 Å². The van der Waals surface area contributed by atoms with E-state index in [1.54, 1.807) is 17.6 Å². The van der Waals surface area contributed by atoms with Crippen LogP contribution in [-0.4, -0.2) is 18.2 Å². The van der Waals surface area contributed by atoms with Crippen molar-refractivity contribution in [2.45, 2.75) is 6.92 Å². The maximum atomic E-state index is 4.58. The van der Waals surface area contributed by atoms with E-state index in [9.17, 15) is 0 Å². The molecule has 144 valence electrons. The van der Waals surface area contributed by atoms with Gasteiger partial charge in [0.2, 0.25) is 5.13 Å². The Labute approximate surface area is 175 Å². The van der Waals surface area contributed by atoms with Gasteiger partial charge in [0.25, 0.3) is 0 Å². The summed E-state index contributed by atoms with van der Waals surface area (Å²) in [6.07, 6.45) is 1.80. The third-order valence-corrected chi connectivity index (χ3v) is 5.40. The van der Waals surface area contributed by atoms with Gasteiger partial charge in [-0.25, -0.2) is 4.98 Å². The summed E-state index contributed by atoms with van der Waals surface area (Å²) in [6, 6.07) is 27.0. The number of benzene rings is 3. The predicted octanol–water partition coefficient (Wildman–Crippen LogP) is 6.33. The monoisotopic (exact) mass is 398 g/mol. The number of rotatable bonds is 6. The fraction of sp³-hybridized carbons (Fsp3) is 0.0833. The van der Waals surface area contributed by atoms with Crippen molar-refractivity contribution in [2.24, 2.45) is 5.10 Å². The molecule has 5 heteroatoms. The fourth-order valence-corrected chi connectivity index (χ4v) is 3.60. The van der Waals surface area contributed by atoms with Gasteiger partial charge in [-0.05, 0) is 36.8 Å². The summed E-state index contributed by atoms with van der Waals surface area (Å²) in [5, 5.41) is 7.13. The van der Waals surface area contributed by atoms with E-state index in [0.717, 1.165) is 33.3 Å². The molecule has 4 nitrogen and oxygen atoms in total. The second-order valence-electron chi connectivity index (χ2n) is 6.76. The second kappa shape index (κ2) is 8.71. The van der Waals surface area contributed by atoms with Crippen molar-refractivity contribution in [1.29, 1.82) is 0 Å². The molecule has 0 fully saturated rings. The molecule has 1 aromatic heterocycles. The highest BCUT2D eigenvalue weighted by molar-refractivity contribution is 7.14. The van der Waals surface area contributed by atoms with Crippen LogP contribution in [0, 0.1) is 6.92 Å². The van der Waals surface area contributed by atoms with Crippen LogP contribution in [0.25, 0.3) is 11.3 Å². The van der Waals surface area contributed by atoms with Gasteiger partial charge >= 0.3 is 0 Å². The molecule has 0 spiro atoms. The van der Waals surface area contributed by atoms with Crippen molar-refractivity contribution >= 4 is 34.1 Å². The number of aryl methyl sites for hydroxylation is 1. The molecule has 3 aromatic carbocycles. The number of anilines is 3. The summed E-state index contributed by atoms with van der Waals surface area (Å²) in [5.74, 6) is 0. The van der Waals surface area contributed by atoms with Crippen LogP contribution in [0.15, 0.2) is 89.3 Å². The van der Waals surface area contributed by atoms with Crippen LogP contribution in [0.4, 0.5) is 16.5 Å². The number of hydrogen-bond acceptors (Lipinski definition) is 5. The second-order valence-corrected chi connectivity index (χ2v) is 7.62. The van der Waals surface area contributed by atoms with Gasteiger partial charge in [0.1, 0.15) is 0 Å². The van der Waals surface area contributed by atoms with Crippen LogP contribution >= 0.6 is 11.3 Å². The standard InChI is InChI=1S/C24H22N4S/c1-18-8-12-21(13-9-18)28(2)22-14-10-19(11-15-22)16-25-27-24-26-23(17-29-24)20-6-4-3-5-7-20/h3-17H,1-2H3,(H,26,27).